The summed E-state index contributed by atoms with van der Waals surface area (Å²) in [5.74, 6) is 0.939. The van der Waals surface area contributed by atoms with Gasteiger partial charge in [-0.05, 0) is 82.4 Å². The van der Waals surface area contributed by atoms with Crippen LogP contribution in [0, 0.1) is 0 Å². The van der Waals surface area contributed by atoms with E-state index in [0.29, 0.717) is 6.61 Å². The van der Waals surface area contributed by atoms with Crippen LogP contribution in [0.4, 0.5) is 0 Å². The van der Waals surface area contributed by atoms with Crippen molar-refractivity contribution in [3.05, 3.63) is 65.8 Å². The van der Waals surface area contributed by atoms with Crippen LogP contribution in [0.3, 0.4) is 0 Å². The van der Waals surface area contributed by atoms with Crippen LogP contribution in [0.1, 0.15) is 38.7 Å². The normalized spacial score (nSPS) is 16.5. The van der Waals surface area contributed by atoms with Crippen molar-refractivity contribution in [3.63, 3.8) is 0 Å². The molecule has 0 aromatic heterocycles. The van der Waals surface area contributed by atoms with E-state index >= 15 is 0 Å². The van der Waals surface area contributed by atoms with Gasteiger partial charge in [-0.1, -0.05) is 42.5 Å². The second-order valence-electron chi connectivity index (χ2n) is 6.35. The zero-order chi connectivity index (χ0) is 17.0. The van der Waals surface area contributed by atoms with Crippen molar-refractivity contribution in [2.75, 3.05) is 26.2 Å². The Bertz CT molecular complexity index is 548. The van der Waals surface area contributed by atoms with E-state index in [1.807, 2.05) is 32.1 Å². The Morgan fingerprint density at radius 2 is 1.83 bits per heavy atom. The van der Waals surface area contributed by atoms with Gasteiger partial charge in [-0.25, -0.2) is 0 Å². The molecule has 0 radical (unpaired) electrons. The zero-order valence-electron chi connectivity index (χ0n) is 15.2. The molecule has 1 fully saturated rings. The van der Waals surface area contributed by atoms with E-state index in [9.17, 15) is 0 Å². The molecular formula is C22H31NO. The lowest BCUT2D eigenvalue weighted by atomic mass is 10.1. The van der Waals surface area contributed by atoms with Crippen LogP contribution in [0.25, 0.3) is 0 Å². The van der Waals surface area contributed by atoms with Crippen LogP contribution in [0.15, 0.2) is 60.2 Å². The maximum atomic E-state index is 5.90. The van der Waals surface area contributed by atoms with Gasteiger partial charge >= 0.3 is 0 Å². The van der Waals surface area contributed by atoms with Crippen molar-refractivity contribution in [2.24, 2.45) is 0 Å². The lowest BCUT2D eigenvalue weighted by Crippen LogP contribution is -2.20. The number of nitrogens with zero attached hydrogens (tertiary/aromatic N) is 1. The average molecular weight is 325 g/mol. The number of benzene rings is 1. The van der Waals surface area contributed by atoms with Gasteiger partial charge in [-0.2, -0.15) is 0 Å². The molecule has 2 nitrogen and oxygen atoms in total. The van der Waals surface area contributed by atoms with E-state index in [0.717, 1.165) is 12.2 Å². The summed E-state index contributed by atoms with van der Waals surface area (Å²) in [5.41, 5.74) is 2.57. The van der Waals surface area contributed by atoms with Crippen molar-refractivity contribution in [3.8, 4) is 5.75 Å². The Labute approximate surface area is 147 Å². The van der Waals surface area contributed by atoms with Gasteiger partial charge in [0, 0.05) is 0 Å². The molecule has 0 saturated carbocycles. The van der Waals surface area contributed by atoms with Crippen LogP contribution in [-0.2, 0) is 6.42 Å². The summed E-state index contributed by atoms with van der Waals surface area (Å²) >= 11 is 0. The van der Waals surface area contributed by atoms with Crippen LogP contribution in [0.5, 0.6) is 5.75 Å². The van der Waals surface area contributed by atoms with Gasteiger partial charge in [0.05, 0.1) is 0 Å². The highest BCUT2D eigenvalue weighted by Gasteiger charge is 2.10. The molecule has 1 aromatic rings. The first-order chi connectivity index (χ1) is 11.8. The van der Waals surface area contributed by atoms with Gasteiger partial charge in [0.1, 0.15) is 12.4 Å². The molecular weight excluding hydrogens is 294 g/mol. The number of hydrogen-bond donors (Lipinski definition) is 0. The van der Waals surface area contributed by atoms with Crippen LogP contribution in [-0.4, -0.2) is 31.1 Å². The van der Waals surface area contributed by atoms with Crippen LogP contribution >= 0.6 is 0 Å². The van der Waals surface area contributed by atoms with Crippen molar-refractivity contribution in [1.29, 1.82) is 0 Å². The minimum atomic E-state index is 0.600. The Morgan fingerprint density at radius 3 is 2.50 bits per heavy atom. The SMILES string of the molecule is C\C=C/C=C(\C=C/C)COc1ccc(CCCN2CCCC2)cc1. The second-order valence-corrected chi connectivity index (χ2v) is 6.35. The average Bonchev–Trinajstić information content (AvgIpc) is 3.12. The van der Waals surface area contributed by atoms with Gasteiger partial charge in [-0.15, -0.1) is 0 Å². The van der Waals surface area contributed by atoms with Crippen molar-refractivity contribution >= 4 is 0 Å². The van der Waals surface area contributed by atoms with Crippen LogP contribution in [0.2, 0.25) is 0 Å². The molecule has 0 unspecified atom stereocenters. The quantitative estimate of drug-likeness (QED) is 0.581. The summed E-state index contributed by atoms with van der Waals surface area (Å²) in [6.45, 7) is 8.47. The number of hydrogen-bond acceptors (Lipinski definition) is 2. The fourth-order valence-electron chi connectivity index (χ4n) is 3.02. The minimum Gasteiger partial charge on any atom is -0.489 e. The Hall–Kier alpha value is -1.80. The summed E-state index contributed by atoms with van der Waals surface area (Å²) in [7, 11) is 0. The molecule has 1 heterocycles. The van der Waals surface area contributed by atoms with E-state index in [4.69, 9.17) is 4.74 Å². The van der Waals surface area contributed by atoms with Crippen molar-refractivity contribution < 1.29 is 4.74 Å². The molecule has 1 aliphatic rings. The molecule has 24 heavy (non-hydrogen) atoms. The number of aryl methyl sites for hydroxylation is 1. The number of allylic oxidation sites excluding steroid dienone is 4. The molecule has 1 saturated heterocycles. The molecule has 1 aliphatic heterocycles. The van der Waals surface area contributed by atoms with Crippen molar-refractivity contribution in [1.82, 2.24) is 4.90 Å². The summed E-state index contributed by atoms with van der Waals surface area (Å²) in [5, 5.41) is 0. The first-order valence-electron chi connectivity index (χ1n) is 9.20. The van der Waals surface area contributed by atoms with E-state index in [2.05, 4.69) is 41.3 Å². The first-order valence-corrected chi connectivity index (χ1v) is 9.20. The summed E-state index contributed by atoms with van der Waals surface area (Å²) < 4.78 is 5.90. The summed E-state index contributed by atoms with van der Waals surface area (Å²) in [4.78, 5) is 2.58. The Balaban J connectivity index is 1.76. The number of likely N-dealkylation sites (tertiary alicyclic amines) is 1. The fraction of sp³-hybridized carbons (Fsp3) is 0.455. The largest absolute Gasteiger partial charge is 0.489 e. The molecule has 0 aliphatic carbocycles. The molecule has 0 N–H and O–H groups in total. The maximum Gasteiger partial charge on any atom is 0.119 e. The third-order valence-electron chi connectivity index (χ3n) is 4.35. The van der Waals surface area contributed by atoms with Crippen molar-refractivity contribution in [2.45, 2.75) is 39.5 Å². The lowest BCUT2D eigenvalue weighted by molar-refractivity contribution is 0.334. The van der Waals surface area contributed by atoms with Gasteiger partial charge in [0.25, 0.3) is 0 Å². The number of ether oxygens (including phenoxy) is 1. The third kappa shape index (κ3) is 6.76. The summed E-state index contributed by atoms with van der Waals surface area (Å²) in [6, 6.07) is 8.58. The first kappa shape index (κ1) is 18.5. The molecule has 2 rings (SSSR count). The van der Waals surface area contributed by atoms with Gasteiger partial charge in [-0.3, -0.25) is 0 Å². The molecule has 0 amide bonds. The molecule has 130 valence electrons. The standard InChI is InChI=1S/C22H31NO/c1-3-5-10-21(9-4-2)19-24-22-14-12-20(13-15-22)11-8-18-23-16-6-7-17-23/h3-5,9-10,12-15H,6-8,11,16-19H2,1-2H3/b5-3-,9-4-,21-10+. The number of rotatable bonds is 9. The second kappa shape index (κ2) is 10.9. The smallest absolute Gasteiger partial charge is 0.119 e. The highest BCUT2D eigenvalue weighted by Crippen LogP contribution is 2.15. The molecule has 0 atom stereocenters. The van der Waals surface area contributed by atoms with Gasteiger partial charge in [0.15, 0.2) is 0 Å². The third-order valence-corrected chi connectivity index (χ3v) is 4.35. The molecule has 1 aromatic carbocycles. The summed E-state index contributed by atoms with van der Waals surface area (Å²) in [6.07, 6.45) is 15.5. The fourth-order valence-corrected chi connectivity index (χ4v) is 3.02. The monoisotopic (exact) mass is 325 g/mol. The van der Waals surface area contributed by atoms with E-state index in [1.165, 1.54) is 50.0 Å². The van der Waals surface area contributed by atoms with E-state index in [1.54, 1.807) is 0 Å². The predicted molar refractivity (Wildman–Crippen MR) is 104 cm³/mol. The Kier molecular flexibility index (Phi) is 8.40. The van der Waals surface area contributed by atoms with E-state index in [-0.39, 0.29) is 0 Å². The highest BCUT2D eigenvalue weighted by molar-refractivity contribution is 5.29. The lowest BCUT2D eigenvalue weighted by Gasteiger charge is -2.14. The van der Waals surface area contributed by atoms with Gasteiger partial charge < -0.3 is 9.64 Å². The van der Waals surface area contributed by atoms with Gasteiger partial charge in [0.2, 0.25) is 0 Å². The predicted octanol–water partition coefficient (Wildman–Crippen LogP) is 5.17. The minimum absolute atomic E-state index is 0.600. The topological polar surface area (TPSA) is 12.5 Å². The molecule has 0 spiro atoms. The van der Waals surface area contributed by atoms with E-state index < -0.39 is 0 Å². The molecule has 0 bridgehead atoms. The molecule has 2 heteroatoms. The Morgan fingerprint density at radius 1 is 1.08 bits per heavy atom. The maximum absolute atomic E-state index is 5.90. The van der Waals surface area contributed by atoms with Crippen LogP contribution < -0.4 is 4.74 Å². The highest BCUT2D eigenvalue weighted by atomic mass is 16.5. The zero-order valence-corrected chi connectivity index (χ0v) is 15.2.